The fourth-order valence-electron chi connectivity index (χ4n) is 7.88. The smallest absolute Gasteiger partial charge is 0.274 e. The molecule has 0 bridgehead atoms. The first-order valence-electron chi connectivity index (χ1n) is 23.0. The van der Waals surface area contributed by atoms with E-state index in [-0.39, 0.29) is 69.6 Å². The van der Waals surface area contributed by atoms with Gasteiger partial charge in [-0.25, -0.2) is 13.4 Å². The zero-order valence-corrected chi connectivity index (χ0v) is 41.7. The second kappa shape index (κ2) is 22.7. The number of nitrogens with zero attached hydrogens (tertiary/aromatic N) is 5. The Morgan fingerprint density at radius 1 is 0.859 bits per heavy atom. The normalized spacial score (nSPS) is 13.3. The third-order valence-corrected chi connectivity index (χ3v) is 14.2. The number of benzene rings is 4. The summed E-state index contributed by atoms with van der Waals surface area (Å²) in [6.07, 6.45) is 1.36. The number of halogens is 1. The monoisotopic (exact) mass is 1010 g/mol. The Hall–Kier alpha value is -7.26. The molecule has 1 aliphatic heterocycles. The summed E-state index contributed by atoms with van der Waals surface area (Å²) in [6, 6.07) is 22.0. The molecule has 3 heterocycles. The van der Waals surface area contributed by atoms with Crippen molar-refractivity contribution < 1.29 is 42.3 Å². The van der Waals surface area contributed by atoms with E-state index in [0.717, 1.165) is 5.56 Å². The zero-order chi connectivity index (χ0) is 51.0. The number of para-hydroxylation sites is 1. The van der Waals surface area contributed by atoms with Crippen LogP contribution in [0.4, 0.5) is 28.8 Å². The third-order valence-electron chi connectivity index (χ3n) is 11.7. The van der Waals surface area contributed by atoms with E-state index < -0.39 is 26.9 Å². The highest BCUT2D eigenvalue weighted by atomic mass is 35.5. The number of phenols is 2. The Balaban J connectivity index is 0.906. The molecule has 0 atom stereocenters. The van der Waals surface area contributed by atoms with Crippen LogP contribution >= 0.6 is 11.6 Å². The number of carbonyl (C=O) groups excluding carboxylic acids is 3. The van der Waals surface area contributed by atoms with E-state index in [2.05, 4.69) is 46.6 Å². The molecule has 21 heteroatoms. The highest BCUT2D eigenvalue weighted by Crippen LogP contribution is 2.43. The van der Waals surface area contributed by atoms with Gasteiger partial charge < -0.3 is 46.1 Å². The van der Waals surface area contributed by atoms with Gasteiger partial charge in [0.1, 0.15) is 22.3 Å². The molecule has 2 aromatic heterocycles. The van der Waals surface area contributed by atoms with Crippen molar-refractivity contribution in [3.8, 4) is 39.7 Å². The number of amides is 3. The van der Waals surface area contributed by atoms with Crippen LogP contribution in [0.25, 0.3) is 22.5 Å². The number of phenolic OH excluding ortho intramolecular Hbond substituents is 2. The minimum absolute atomic E-state index is 0.0419. The number of hydrogen-bond donors (Lipinski definition) is 7. The molecule has 0 radical (unpaired) electrons. The average molecular weight is 1010 g/mol. The highest BCUT2D eigenvalue weighted by Gasteiger charge is 2.28. The Morgan fingerprint density at radius 3 is 2.27 bits per heavy atom. The number of piperazine rings is 1. The van der Waals surface area contributed by atoms with Crippen LogP contribution in [-0.2, 0) is 26.0 Å². The molecular weight excluding hydrogens is 952 g/mol. The van der Waals surface area contributed by atoms with Crippen LogP contribution < -0.4 is 31.3 Å². The van der Waals surface area contributed by atoms with Crippen LogP contribution in [0, 0.1) is 0 Å². The number of ether oxygens (including phenoxy) is 1. The summed E-state index contributed by atoms with van der Waals surface area (Å²) < 4.78 is 37.3. The molecule has 71 heavy (non-hydrogen) atoms. The maximum Gasteiger partial charge on any atom is 0.274 e. The predicted molar refractivity (Wildman–Crippen MR) is 272 cm³/mol. The number of nitrogens with one attached hydrogen (secondary N) is 5. The highest BCUT2D eigenvalue weighted by molar-refractivity contribution is 7.92. The van der Waals surface area contributed by atoms with Crippen molar-refractivity contribution >= 4 is 68.0 Å². The maximum absolute atomic E-state index is 13.1. The molecule has 0 spiro atoms. The summed E-state index contributed by atoms with van der Waals surface area (Å²) >= 11 is 6.43. The third kappa shape index (κ3) is 12.4. The molecule has 7 N–H and O–H groups in total. The van der Waals surface area contributed by atoms with Crippen molar-refractivity contribution in [2.24, 2.45) is 0 Å². The number of rotatable bonds is 19. The summed E-state index contributed by atoms with van der Waals surface area (Å²) in [5.41, 5.74) is 4.21. The van der Waals surface area contributed by atoms with Crippen LogP contribution in [0.15, 0.2) is 94.5 Å². The number of aromatic hydroxyl groups is 2. The van der Waals surface area contributed by atoms with E-state index in [4.69, 9.17) is 20.9 Å². The van der Waals surface area contributed by atoms with Crippen LogP contribution in [0.3, 0.4) is 0 Å². The lowest BCUT2D eigenvalue weighted by Crippen LogP contribution is -2.49. The van der Waals surface area contributed by atoms with Gasteiger partial charge in [0.15, 0.2) is 27.1 Å². The van der Waals surface area contributed by atoms with E-state index in [1.165, 1.54) is 25.4 Å². The summed E-state index contributed by atoms with van der Waals surface area (Å²) in [4.78, 5) is 52.2. The van der Waals surface area contributed by atoms with Crippen molar-refractivity contribution in [1.29, 1.82) is 0 Å². The first-order chi connectivity index (χ1) is 33.9. The van der Waals surface area contributed by atoms with Crippen LogP contribution in [0.2, 0.25) is 5.02 Å². The minimum atomic E-state index is -3.63. The molecule has 3 amide bonds. The maximum atomic E-state index is 13.1. The van der Waals surface area contributed by atoms with Gasteiger partial charge in [0.25, 0.3) is 5.91 Å². The fraction of sp³-hybridized carbons (Fsp3) is 0.320. The number of sulfone groups is 1. The minimum Gasteiger partial charge on any atom is -0.508 e. The molecule has 0 aliphatic carbocycles. The van der Waals surface area contributed by atoms with Crippen LogP contribution in [0.5, 0.6) is 17.2 Å². The van der Waals surface area contributed by atoms with E-state index in [1.807, 2.05) is 43.0 Å². The molecule has 0 unspecified atom stereocenters. The Bertz CT molecular complexity index is 3010. The van der Waals surface area contributed by atoms with Crippen LogP contribution in [0.1, 0.15) is 62.2 Å². The van der Waals surface area contributed by atoms with E-state index >= 15 is 0 Å². The lowest BCUT2D eigenvalue weighted by Gasteiger charge is -2.34. The van der Waals surface area contributed by atoms with Gasteiger partial charge in [-0.15, -0.1) is 0 Å². The van der Waals surface area contributed by atoms with Crippen molar-refractivity contribution in [2.45, 2.75) is 57.2 Å². The molecule has 6 aromatic rings. The van der Waals surface area contributed by atoms with Gasteiger partial charge in [-0.3, -0.25) is 24.2 Å². The summed E-state index contributed by atoms with van der Waals surface area (Å²) in [5.74, 6) is -0.580. The number of carbonyl (C=O) groups is 3. The standard InChI is InChI=1S/C50H57ClN10O9S/c1-7-52-49(66)46-45(47(70-59-46)35-23-34(29(2)3)39(62)24-40(35)63)32-14-12-31(13-15-32)27-60-18-20-61(21-19-60)28-44(65)53-26-43(64)55-33-16-17-41(69-6)38(22-33)57-50-54-25-36(51)48(58-50)56-37-10-8-9-11-42(37)71(67,68)30(4)5/h8-17,22-25,29-30,62-63H,7,18-21,26-28H2,1-6H3,(H,52,66)(H,53,65)(H,55,64)(H2,54,56,57,58). The Labute approximate surface area is 416 Å². The van der Waals surface area contributed by atoms with Gasteiger partial charge in [0.2, 0.25) is 17.8 Å². The Morgan fingerprint density at radius 2 is 1.58 bits per heavy atom. The SMILES string of the molecule is CCNC(=O)c1noc(-c2cc(C(C)C)c(O)cc2O)c1-c1ccc(CN2CCN(CC(=O)NCC(=O)Nc3ccc(OC)c(Nc4ncc(Cl)c(Nc5ccccc5S(=O)(=O)C(C)C)n4)c3)CC2)cc1. The van der Waals surface area contributed by atoms with E-state index in [1.54, 1.807) is 63.2 Å². The van der Waals surface area contributed by atoms with E-state index in [0.29, 0.717) is 84.3 Å². The fourth-order valence-corrected chi connectivity index (χ4v) is 9.22. The Kier molecular flexibility index (Phi) is 16.5. The lowest BCUT2D eigenvalue weighted by molar-refractivity contribution is -0.125. The molecule has 19 nitrogen and oxygen atoms in total. The second-order valence-electron chi connectivity index (χ2n) is 17.4. The van der Waals surface area contributed by atoms with E-state index in [9.17, 15) is 33.0 Å². The molecular formula is C50H57ClN10O9S. The summed E-state index contributed by atoms with van der Waals surface area (Å²) in [6.45, 7) is 12.4. The van der Waals surface area contributed by atoms with Crippen molar-refractivity contribution in [3.05, 3.63) is 107 Å². The molecule has 0 saturated carbocycles. The quantitative estimate of drug-likeness (QED) is 0.0421. The largest absolute Gasteiger partial charge is 0.508 e. The zero-order valence-electron chi connectivity index (χ0n) is 40.2. The molecule has 1 saturated heterocycles. The van der Waals surface area contributed by atoms with Crippen molar-refractivity contribution in [3.63, 3.8) is 0 Å². The topological polar surface area (TPSA) is 253 Å². The van der Waals surface area contributed by atoms with Gasteiger partial charge >= 0.3 is 0 Å². The molecule has 1 fully saturated rings. The van der Waals surface area contributed by atoms with Gasteiger partial charge in [0, 0.05) is 51.0 Å². The number of hydrogen-bond acceptors (Lipinski definition) is 16. The van der Waals surface area contributed by atoms with Gasteiger partial charge in [0.05, 0.1) is 59.0 Å². The van der Waals surface area contributed by atoms with Crippen molar-refractivity contribution in [1.82, 2.24) is 35.6 Å². The molecule has 374 valence electrons. The van der Waals surface area contributed by atoms with Crippen LogP contribution in [-0.4, -0.2) is 119 Å². The summed E-state index contributed by atoms with van der Waals surface area (Å²) in [7, 11) is -2.15. The van der Waals surface area contributed by atoms with Gasteiger partial charge in [-0.2, -0.15) is 4.98 Å². The van der Waals surface area contributed by atoms with Crippen molar-refractivity contribution in [2.75, 3.05) is 68.9 Å². The van der Waals surface area contributed by atoms with Gasteiger partial charge in [-0.1, -0.05) is 67.0 Å². The number of anilines is 5. The number of aromatic nitrogens is 3. The molecule has 1 aliphatic rings. The average Bonchev–Trinajstić information content (AvgIpc) is 3.78. The first kappa shape index (κ1) is 51.6. The molecule has 7 rings (SSSR count). The molecule has 4 aromatic carbocycles. The predicted octanol–water partition coefficient (Wildman–Crippen LogP) is 7.29. The summed E-state index contributed by atoms with van der Waals surface area (Å²) in [5, 5.41) is 39.3. The first-order valence-corrected chi connectivity index (χ1v) is 24.9. The van der Waals surface area contributed by atoms with Gasteiger partial charge in [-0.05, 0) is 79.8 Å². The lowest BCUT2D eigenvalue weighted by atomic mass is 9.94. The second-order valence-corrected chi connectivity index (χ2v) is 20.3. The number of methoxy groups -OCH3 is 1.